The first-order valence-corrected chi connectivity index (χ1v) is 9.31. The lowest BCUT2D eigenvalue weighted by molar-refractivity contribution is -0.128. The van der Waals surface area contributed by atoms with Crippen LogP contribution in [0.25, 0.3) is 0 Å². The topological polar surface area (TPSA) is 73.6 Å². The molecular formula is C20H30N2O3. The summed E-state index contributed by atoms with van der Waals surface area (Å²) in [7, 11) is 3.24. The molecule has 2 saturated carbocycles. The Morgan fingerprint density at radius 3 is 2.40 bits per heavy atom. The van der Waals surface area contributed by atoms with Crippen LogP contribution in [-0.4, -0.2) is 26.2 Å². The number of fused-ring (bicyclic) bond motifs is 2. The first-order chi connectivity index (χ1) is 12.0. The number of amides is 1. The van der Waals surface area contributed by atoms with Gasteiger partial charge in [0.1, 0.15) is 0 Å². The second-order valence-corrected chi connectivity index (χ2v) is 7.54. The Balaban J connectivity index is 1.64. The number of carbonyl (C=O) groups excluding carboxylic acids is 1. The van der Waals surface area contributed by atoms with E-state index in [0.717, 1.165) is 18.4 Å². The molecule has 2 aliphatic carbocycles. The second-order valence-electron chi connectivity index (χ2n) is 7.54. The number of hydrogen-bond donors (Lipinski definition) is 2. The fourth-order valence-corrected chi connectivity index (χ4v) is 4.54. The van der Waals surface area contributed by atoms with E-state index >= 15 is 0 Å². The molecule has 138 valence electrons. The van der Waals surface area contributed by atoms with E-state index in [0.29, 0.717) is 29.4 Å². The van der Waals surface area contributed by atoms with Gasteiger partial charge in [0.2, 0.25) is 5.91 Å². The Bertz CT molecular complexity index is 605. The Labute approximate surface area is 150 Å². The monoisotopic (exact) mass is 346 g/mol. The van der Waals surface area contributed by atoms with Crippen LogP contribution < -0.4 is 20.5 Å². The first-order valence-electron chi connectivity index (χ1n) is 9.31. The minimum absolute atomic E-state index is 0.0669. The van der Waals surface area contributed by atoms with E-state index in [4.69, 9.17) is 15.2 Å². The van der Waals surface area contributed by atoms with Crippen LogP contribution in [-0.2, 0) is 4.79 Å². The van der Waals surface area contributed by atoms with Crippen LogP contribution >= 0.6 is 0 Å². The van der Waals surface area contributed by atoms with Crippen LogP contribution in [0.15, 0.2) is 18.2 Å². The maximum atomic E-state index is 12.8. The third-order valence-electron chi connectivity index (χ3n) is 6.05. The highest BCUT2D eigenvalue weighted by atomic mass is 16.5. The van der Waals surface area contributed by atoms with E-state index in [-0.39, 0.29) is 17.9 Å². The normalized spacial score (nSPS) is 29.6. The highest BCUT2D eigenvalue weighted by Gasteiger charge is 2.40. The molecule has 2 bridgehead atoms. The number of benzene rings is 1. The largest absolute Gasteiger partial charge is 0.493 e. The number of methoxy groups -OCH3 is 2. The molecule has 0 spiro atoms. The highest BCUT2D eigenvalue weighted by molar-refractivity contribution is 5.79. The van der Waals surface area contributed by atoms with Crippen LogP contribution in [0.5, 0.6) is 11.5 Å². The SMILES string of the molecule is COc1ccc(C(C)NC(=O)C2CC3CCCC(C2)C3N)cc1OC. The molecule has 0 aromatic heterocycles. The van der Waals surface area contributed by atoms with Crippen molar-refractivity contribution in [3.63, 3.8) is 0 Å². The lowest BCUT2D eigenvalue weighted by atomic mass is 9.65. The average molecular weight is 346 g/mol. The molecule has 5 nitrogen and oxygen atoms in total. The van der Waals surface area contributed by atoms with E-state index in [1.54, 1.807) is 14.2 Å². The van der Waals surface area contributed by atoms with Crippen molar-refractivity contribution < 1.29 is 14.3 Å². The van der Waals surface area contributed by atoms with Crippen molar-refractivity contribution in [1.82, 2.24) is 5.32 Å². The number of ether oxygens (including phenoxy) is 2. The van der Waals surface area contributed by atoms with Crippen molar-refractivity contribution >= 4 is 5.91 Å². The lowest BCUT2D eigenvalue weighted by Crippen LogP contribution is -2.49. The molecule has 5 heteroatoms. The number of rotatable bonds is 5. The van der Waals surface area contributed by atoms with Gasteiger partial charge in [-0.2, -0.15) is 0 Å². The van der Waals surface area contributed by atoms with Crippen molar-refractivity contribution in [3.05, 3.63) is 23.8 Å². The van der Waals surface area contributed by atoms with Crippen molar-refractivity contribution in [2.24, 2.45) is 23.5 Å². The van der Waals surface area contributed by atoms with E-state index in [9.17, 15) is 4.79 Å². The van der Waals surface area contributed by atoms with Crippen LogP contribution in [0.4, 0.5) is 0 Å². The number of nitrogens with one attached hydrogen (secondary N) is 1. The molecular weight excluding hydrogens is 316 g/mol. The summed E-state index contributed by atoms with van der Waals surface area (Å²) < 4.78 is 10.6. The molecule has 0 radical (unpaired) electrons. The summed E-state index contributed by atoms with van der Waals surface area (Å²) in [5, 5.41) is 3.18. The molecule has 3 atom stereocenters. The quantitative estimate of drug-likeness (QED) is 0.859. The molecule has 1 aromatic rings. The van der Waals surface area contributed by atoms with Gasteiger partial charge in [0.15, 0.2) is 11.5 Å². The van der Waals surface area contributed by atoms with E-state index in [2.05, 4.69) is 5.32 Å². The second kappa shape index (κ2) is 7.65. The maximum Gasteiger partial charge on any atom is 0.223 e. The minimum atomic E-state index is -0.0669. The summed E-state index contributed by atoms with van der Waals surface area (Å²) in [5.74, 6) is 2.65. The summed E-state index contributed by atoms with van der Waals surface area (Å²) in [6.45, 7) is 2.01. The predicted molar refractivity (Wildman–Crippen MR) is 97.6 cm³/mol. The van der Waals surface area contributed by atoms with Gasteiger partial charge in [-0.15, -0.1) is 0 Å². The van der Waals surface area contributed by atoms with Gasteiger partial charge in [-0.05, 0) is 62.1 Å². The fraction of sp³-hybridized carbons (Fsp3) is 0.650. The van der Waals surface area contributed by atoms with Crippen LogP contribution in [0.1, 0.15) is 50.6 Å². The standard InChI is InChI=1S/C20H30N2O3/c1-12(13-7-8-17(24-2)18(11-13)25-3)22-20(23)16-9-14-5-4-6-15(10-16)19(14)21/h7-8,11-12,14-16,19H,4-6,9-10,21H2,1-3H3,(H,22,23). The summed E-state index contributed by atoms with van der Waals surface area (Å²) in [4.78, 5) is 12.8. The molecule has 0 aliphatic heterocycles. The first kappa shape index (κ1) is 18.1. The third-order valence-corrected chi connectivity index (χ3v) is 6.05. The Morgan fingerprint density at radius 1 is 1.16 bits per heavy atom. The zero-order valence-corrected chi connectivity index (χ0v) is 15.5. The van der Waals surface area contributed by atoms with Gasteiger partial charge in [0.25, 0.3) is 0 Å². The highest BCUT2D eigenvalue weighted by Crippen LogP contribution is 2.42. The third kappa shape index (κ3) is 3.76. The molecule has 0 saturated heterocycles. The van der Waals surface area contributed by atoms with Crippen LogP contribution in [0.2, 0.25) is 0 Å². The Morgan fingerprint density at radius 2 is 1.80 bits per heavy atom. The summed E-state index contributed by atoms with van der Waals surface area (Å²) in [5.41, 5.74) is 7.35. The molecule has 3 unspecified atom stereocenters. The molecule has 2 fully saturated rings. The fourth-order valence-electron chi connectivity index (χ4n) is 4.54. The molecule has 0 heterocycles. The molecule has 2 aliphatic rings. The van der Waals surface area contributed by atoms with Crippen molar-refractivity contribution in [2.45, 2.75) is 51.1 Å². The zero-order chi connectivity index (χ0) is 18.0. The van der Waals surface area contributed by atoms with Gasteiger partial charge in [-0.3, -0.25) is 4.79 Å². The van der Waals surface area contributed by atoms with Crippen molar-refractivity contribution in [2.75, 3.05) is 14.2 Å². The van der Waals surface area contributed by atoms with E-state index in [1.165, 1.54) is 19.3 Å². The summed E-state index contributed by atoms with van der Waals surface area (Å²) in [6.07, 6.45) is 5.48. The van der Waals surface area contributed by atoms with E-state index in [1.807, 2.05) is 25.1 Å². The number of nitrogens with two attached hydrogens (primary N) is 1. The molecule has 25 heavy (non-hydrogen) atoms. The van der Waals surface area contributed by atoms with Gasteiger partial charge >= 0.3 is 0 Å². The molecule has 1 amide bonds. The number of hydrogen-bond acceptors (Lipinski definition) is 4. The summed E-state index contributed by atoms with van der Waals surface area (Å²) in [6, 6.07) is 6.00. The zero-order valence-electron chi connectivity index (χ0n) is 15.5. The predicted octanol–water partition coefficient (Wildman–Crippen LogP) is 3.03. The lowest BCUT2D eigenvalue weighted by Gasteiger charge is -2.43. The molecule has 1 aromatic carbocycles. The Kier molecular flexibility index (Phi) is 5.52. The van der Waals surface area contributed by atoms with Gasteiger partial charge in [-0.1, -0.05) is 12.5 Å². The number of carbonyl (C=O) groups is 1. The maximum absolute atomic E-state index is 12.8. The molecule has 3 N–H and O–H groups in total. The summed E-state index contributed by atoms with van der Waals surface area (Å²) >= 11 is 0. The minimum Gasteiger partial charge on any atom is -0.493 e. The van der Waals surface area contributed by atoms with Crippen molar-refractivity contribution in [1.29, 1.82) is 0 Å². The van der Waals surface area contributed by atoms with Gasteiger partial charge in [0, 0.05) is 12.0 Å². The van der Waals surface area contributed by atoms with E-state index < -0.39 is 0 Å². The van der Waals surface area contributed by atoms with Crippen LogP contribution in [0.3, 0.4) is 0 Å². The van der Waals surface area contributed by atoms with Gasteiger partial charge in [-0.25, -0.2) is 0 Å². The van der Waals surface area contributed by atoms with Gasteiger partial charge < -0.3 is 20.5 Å². The smallest absolute Gasteiger partial charge is 0.223 e. The van der Waals surface area contributed by atoms with Crippen LogP contribution in [0, 0.1) is 17.8 Å². The molecule has 3 rings (SSSR count). The van der Waals surface area contributed by atoms with Crippen molar-refractivity contribution in [3.8, 4) is 11.5 Å². The average Bonchev–Trinajstić information content (AvgIpc) is 2.60. The van der Waals surface area contributed by atoms with Gasteiger partial charge in [0.05, 0.1) is 20.3 Å². The Hall–Kier alpha value is -1.75.